The summed E-state index contributed by atoms with van der Waals surface area (Å²) in [6.07, 6.45) is 2.84. The van der Waals surface area contributed by atoms with Crippen LogP contribution in [0.3, 0.4) is 0 Å². The van der Waals surface area contributed by atoms with Gasteiger partial charge in [0.15, 0.2) is 5.76 Å². The number of benzene rings is 1. The highest BCUT2D eigenvalue weighted by Crippen LogP contribution is 2.28. The quantitative estimate of drug-likeness (QED) is 0.628. The summed E-state index contributed by atoms with van der Waals surface area (Å²) in [4.78, 5) is 12.7. The van der Waals surface area contributed by atoms with E-state index in [0.717, 1.165) is 11.1 Å². The number of nitrogens with zero attached hydrogens (tertiary/aromatic N) is 2. The van der Waals surface area contributed by atoms with E-state index in [1.807, 2.05) is 31.2 Å². The zero-order valence-electron chi connectivity index (χ0n) is 16.7. The van der Waals surface area contributed by atoms with E-state index in [9.17, 15) is 13.2 Å². The molecule has 1 aliphatic rings. The summed E-state index contributed by atoms with van der Waals surface area (Å²) in [5.41, 5.74) is 2.75. The first kappa shape index (κ1) is 20.4. The predicted molar refractivity (Wildman–Crippen MR) is 111 cm³/mol. The Balaban J connectivity index is 1.42. The number of piperidine rings is 1. The molecule has 1 aliphatic heterocycles. The normalized spacial score (nSPS) is 17.7. The Labute approximate surface area is 175 Å². The van der Waals surface area contributed by atoms with Crippen molar-refractivity contribution in [1.82, 2.24) is 19.8 Å². The molecule has 3 aromatic rings. The van der Waals surface area contributed by atoms with Crippen LogP contribution in [0.25, 0.3) is 11.5 Å². The van der Waals surface area contributed by atoms with Gasteiger partial charge in [0.1, 0.15) is 5.69 Å². The lowest BCUT2D eigenvalue weighted by Crippen LogP contribution is -2.45. The van der Waals surface area contributed by atoms with E-state index < -0.39 is 10.0 Å². The van der Waals surface area contributed by atoms with E-state index in [0.29, 0.717) is 37.4 Å². The van der Waals surface area contributed by atoms with Crippen molar-refractivity contribution >= 4 is 15.9 Å². The van der Waals surface area contributed by atoms with Crippen molar-refractivity contribution in [2.45, 2.75) is 31.4 Å². The van der Waals surface area contributed by atoms with Crippen molar-refractivity contribution in [2.24, 2.45) is 5.92 Å². The van der Waals surface area contributed by atoms with Gasteiger partial charge in [0.05, 0.1) is 5.92 Å². The molecule has 0 bridgehead atoms. The number of hydrogen-bond acceptors (Lipinski definition) is 5. The van der Waals surface area contributed by atoms with Gasteiger partial charge in [-0.05, 0) is 43.5 Å². The second kappa shape index (κ2) is 8.45. The van der Waals surface area contributed by atoms with Crippen LogP contribution >= 0.6 is 0 Å². The number of nitrogens with one attached hydrogen (secondary N) is 2. The van der Waals surface area contributed by atoms with Gasteiger partial charge in [-0.25, -0.2) is 8.42 Å². The van der Waals surface area contributed by atoms with Crippen molar-refractivity contribution in [3.05, 3.63) is 59.8 Å². The average molecular weight is 429 g/mol. The number of carbonyl (C=O) groups excluding carboxylic acids is 1. The van der Waals surface area contributed by atoms with Crippen LogP contribution in [0.2, 0.25) is 0 Å². The molecule has 0 aliphatic carbocycles. The highest BCUT2D eigenvalue weighted by molar-refractivity contribution is 7.89. The van der Waals surface area contributed by atoms with Crippen LogP contribution in [0, 0.1) is 12.8 Å². The van der Waals surface area contributed by atoms with E-state index in [4.69, 9.17) is 4.42 Å². The molecule has 2 aromatic heterocycles. The molecule has 158 valence electrons. The van der Waals surface area contributed by atoms with Gasteiger partial charge in [-0.1, -0.05) is 29.8 Å². The van der Waals surface area contributed by atoms with Gasteiger partial charge < -0.3 is 9.73 Å². The Hall–Kier alpha value is -2.91. The molecule has 4 rings (SSSR count). The SMILES string of the molecule is Cc1cccc(CNC(=O)[C@@H]2CCCN(S(=O)(=O)c3ccc(-c4ccn[nH]4)o3)C2)c1. The third-order valence-electron chi connectivity index (χ3n) is 5.25. The Morgan fingerprint density at radius 3 is 2.93 bits per heavy atom. The van der Waals surface area contributed by atoms with E-state index in [1.165, 1.54) is 10.4 Å². The van der Waals surface area contributed by atoms with E-state index >= 15 is 0 Å². The topological polar surface area (TPSA) is 108 Å². The van der Waals surface area contributed by atoms with Gasteiger partial charge in [-0.2, -0.15) is 9.40 Å². The lowest BCUT2D eigenvalue weighted by atomic mass is 9.98. The van der Waals surface area contributed by atoms with Crippen LogP contribution in [-0.4, -0.2) is 41.9 Å². The van der Waals surface area contributed by atoms with Gasteiger partial charge in [0.2, 0.25) is 11.0 Å². The molecular weight excluding hydrogens is 404 g/mol. The first-order chi connectivity index (χ1) is 14.4. The Bertz CT molecular complexity index is 1120. The highest BCUT2D eigenvalue weighted by Gasteiger charge is 2.35. The lowest BCUT2D eigenvalue weighted by molar-refractivity contribution is -0.126. The third kappa shape index (κ3) is 4.31. The highest BCUT2D eigenvalue weighted by atomic mass is 32.2. The number of furan rings is 1. The van der Waals surface area contributed by atoms with Crippen LogP contribution in [0.1, 0.15) is 24.0 Å². The molecule has 9 heteroatoms. The third-order valence-corrected chi connectivity index (χ3v) is 6.99. The number of rotatable bonds is 6. The maximum Gasteiger partial charge on any atom is 0.276 e. The standard InChI is InChI=1S/C21H24N4O4S/c1-15-4-2-5-16(12-15)13-22-21(26)17-6-3-11-25(14-17)30(27,28)20-8-7-19(29-20)18-9-10-23-24-18/h2,4-5,7-10,12,17H,3,6,11,13-14H2,1H3,(H,22,26)(H,23,24)/t17-/m1/s1. The number of sulfonamides is 1. The number of hydrogen-bond donors (Lipinski definition) is 2. The summed E-state index contributed by atoms with van der Waals surface area (Å²) in [5, 5.41) is 9.39. The van der Waals surface area contributed by atoms with E-state index in [2.05, 4.69) is 15.5 Å². The predicted octanol–water partition coefficient (Wildman–Crippen LogP) is 2.70. The largest absolute Gasteiger partial charge is 0.442 e. The maximum atomic E-state index is 13.0. The molecule has 1 atom stereocenters. The second-order valence-electron chi connectivity index (χ2n) is 7.50. The van der Waals surface area contributed by atoms with E-state index in [1.54, 1.807) is 18.3 Å². The van der Waals surface area contributed by atoms with Gasteiger partial charge >= 0.3 is 0 Å². The molecule has 0 unspecified atom stereocenters. The summed E-state index contributed by atoms with van der Waals surface area (Å²) < 4.78 is 33.0. The number of carbonyl (C=O) groups is 1. The summed E-state index contributed by atoms with van der Waals surface area (Å²) in [6.45, 7) is 2.93. The zero-order valence-corrected chi connectivity index (χ0v) is 17.5. The molecule has 1 aromatic carbocycles. The minimum absolute atomic E-state index is 0.131. The average Bonchev–Trinajstić information content (AvgIpc) is 3.44. The lowest BCUT2D eigenvalue weighted by Gasteiger charge is -2.30. The zero-order chi connectivity index (χ0) is 21.1. The van der Waals surface area contributed by atoms with Crippen molar-refractivity contribution in [3.8, 4) is 11.5 Å². The molecule has 0 saturated carbocycles. The molecule has 1 saturated heterocycles. The van der Waals surface area contributed by atoms with Gasteiger partial charge in [0, 0.05) is 25.8 Å². The first-order valence-electron chi connectivity index (χ1n) is 9.86. The fourth-order valence-corrected chi connectivity index (χ4v) is 5.09. The summed E-state index contributed by atoms with van der Waals surface area (Å²) >= 11 is 0. The number of aromatic amines is 1. The van der Waals surface area contributed by atoms with Gasteiger partial charge in [-0.3, -0.25) is 9.89 Å². The monoisotopic (exact) mass is 428 g/mol. The van der Waals surface area contributed by atoms with Crippen LogP contribution in [0.4, 0.5) is 0 Å². The summed E-state index contributed by atoms with van der Waals surface area (Å²) in [6, 6.07) is 12.7. The maximum absolute atomic E-state index is 13.0. The van der Waals surface area contributed by atoms with E-state index in [-0.39, 0.29) is 23.5 Å². The Morgan fingerprint density at radius 1 is 1.30 bits per heavy atom. The van der Waals surface area contributed by atoms with Crippen molar-refractivity contribution < 1.29 is 17.6 Å². The minimum Gasteiger partial charge on any atom is -0.442 e. The fraction of sp³-hybridized carbons (Fsp3) is 0.333. The molecule has 8 nitrogen and oxygen atoms in total. The minimum atomic E-state index is -3.82. The van der Waals surface area contributed by atoms with Gasteiger partial charge in [0.25, 0.3) is 10.0 Å². The molecule has 2 N–H and O–H groups in total. The molecule has 0 radical (unpaired) electrons. The van der Waals surface area contributed by atoms with Crippen molar-refractivity contribution in [1.29, 1.82) is 0 Å². The molecular formula is C21H24N4O4S. The number of aromatic nitrogens is 2. The summed E-state index contributed by atoms with van der Waals surface area (Å²) in [5.74, 6) is -0.120. The smallest absolute Gasteiger partial charge is 0.276 e. The molecule has 1 amide bonds. The number of aryl methyl sites for hydroxylation is 1. The number of H-pyrrole nitrogens is 1. The first-order valence-corrected chi connectivity index (χ1v) is 11.3. The molecule has 1 fully saturated rings. The van der Waals surface area contributed by atoms with Crippen LogP contribution in [0.5, 0.6) is 0 Å². The number of amides is 1. The van der Waals surface area contributed by atoms with Crippen molar-refractivity contribution in [3.63, 3.8) is 0 Å². The van der Waals surface area contributed by atoms with Crippen LogP contribution in [-0.2, 0) is 21.4 Å². The van der Waals surface area contributed by atoms with Gasteiger partial charge in [-0.15, -0.1) is 0 Å². The molecule has 3 heterocycles. The molecule has 30 heavy (non-hydrogen) atoms. The summed E-state index contributed by atoms with van der Waals surface area (Å²) in [7, 11) is -3.82. The van der Waals surface area contributed by atoms with Crippen LogP contribution < -0.4 is 5.32 Å². The second-order valence-corrected chi connectivity index (χ2v) is 9.37. The Kier molecular flexibility index (Phi) is 5.74. The molecule has 0 spiro atoms. The Morgan fingerprint density at radius 2 is 2.17 bits per heavy atom. The van der Waals surface area contributed by atoms with Crippen LogP contribution in [0.15, 0.2) is 58.2 Å². The van der Waals surface area contributed by atoms with Crippen molar-refractivity contribution in [2.75, 3.05) is 13.1 Å². The fourth-order valence-electron chi connectivity index (χ4n) is 3.65.